The van der Waals surface area contributed by atoms with Crippen molar-refractivity contribution in [3.8, 4) is 0 Å². The minimum absolute atomic E-state index is 0.331. The molecule has 0 unspecified atom stereocenters. The topological polar surface area (TPSA) is 38.3 Å². The van der Waals surface area contributed by atoms with Crippen molar-refractivity contribution in [3.05, 3.63) is 61.6 Å². The summed E-state index contributed by atoms with van der Waals surface area (Å²) in [6.45, 7) is 0.683. The lowest BCUT2D eigenvalue weighted by atomic mass is 10.1. The number of para-hydroxylation sites is 1. The Morgan fingerprint density at radius 1 is 1.30 bits per heavy atom. The molecule has 0 aromatic heterocycles. The molecule has 2 aromatic carbocycles. The third kappa shape index (κ3) is 3.73. The van der Waals surface area contributed by atoms with Gasteiger partial charge in [-0.05, 0) is 52.4 Å². The van der Waals surface area contributed by atoms with E-state index in [1.807, 2.05) is 24.3 Å². The first-order chi connectivity index (χ1) is 9.61. The van der Waals surface area contributed by atoms with Crippen molar-refractivity contribution in [2.75, 3.05) is 12.4 Å². The molecule has 0 atom stereocenters. The number of ether oxygens (including phenoxy) is 1. The third-order valence-corrected chi connectivity index (χ3v) is 4.50. The number of rotatable bonds is 4. The van der Waals surface area contributed by atoms with E-state index in [-0.39, 0.29) is 5.97 Å². The molecule has 0 heterocycles. The molecule has 1 N–H and O–H groups in total. The van der Waals surface area contributed by atoms with Gasteiger partial charge in [0.1, 0.15) is 0 Å². The maximum absolute atomic E-state index is 11.4. The summed E-state index contributed by atoms with van der Waals surface area (Å²) in [4.78, 5) is 11.4. The molecule has 0 amide bonds. The summed E-state index contributed by atoms with van der Waals surface area (Å²) < 4.78 is 6.76. The molecule has 0 aliphatic heterocycles. The van der Waals surface area contributed by atoms with Crippen LogP contribution in [0.15, 0.2) is 46.9 Å². The van der Waals surface area contributed by atoms with E-state index in [0.29, 0.717) is 12.1 Å². The lowest BCUT2D eigenvalue weighted by Crippen LogP contribution is -2.04. The zero-order chi connectivity index (χ0) is 14.5. The van der Waals surface area contributed by atoms with Crippen LogP contribution in [0.4, 0.5) is 5.69 Å². The van der Waals surface area contributed by atoms with E-state index in [4.69, 9.17) is 4.74 Å². The summed E-state index contributed by atoms with van der Waals surface area (Å²) in [5, 5.41) is 3.38. The second-order valence-electron chi connectivity index (χ2n) is 4.13. The number of hydrogen-bond donors (Lipinski definition) is 1. The van der Waals surface area contributed by atoms with Crippen LogP contribution in [0.25, 0.3) is 0 Å². The number of halogens is 2. The van der Waals surface area contributed by atoms with Crippen LogP contribution in [0, 0.1) is 3.57 Å². The molecule has 3 nitrogen and oxygen atoms in total. The molecule has 0 aliphatic rings. The number of nitrogens with one attached hydrogen (secondary N) is 1. The van der Waals surface area contributed by atoms with E-state index in [1.54, 1.807) is 12.1 Å². The van der Waals surface area contributed by atoms with E-state index in [2.05, 4.69) is 49.9 Å². The van der Waals surface area contributed by atoms with E-state index < -0.39 is 0 Å². The largest absolute Gasteiger partial charge is 0.465 e. The Hall–Kier alpha value is -1.08. The average Bonchev–Trinajstić information content (AvgIpc) is 2.46. The monoisotopic (exact) mass is 445 g/mol. The van der Waals surface area contributed by atoms with Gasteiger partial charge in [0.15, 0.2) is 0 Å². The van der Waals surface area contributed by atoms with E-state index in [1.165, 1.54) is 10.7 Å². The predicted octanol–water partition coefficient (Wildman–Crippen LogP) is 4.45. The van der Waals surface area contributed by atoms with Crippen molar-refractivity contribution in [3.63, 3.8) is 0 Å². The van der Waals surface area contributed by atoms with Crippen molar-refractivity contribution >= 4 is 50.2 Å². The summed E-state index contributed by atoms with van der Waals surface area (Å²) in [5.41, 5.74) is 2.71. The number of benzene rings is 2. The van der Waals surface area contributed by atoms with Gasteiger partial charge in [-0.2, -0.15) is 0 Å². The van der Waals surface area contributed by atoms with Crippen LogP contribution in [0.3, 0.4) is 0 Å². The molecule has 0 radical (unpaired) electrons. The first kappa shape index (κ1) is 15.3. The number of carbonyl (C=O) groups excluding carboxylic acids is 1. The molecule has 2 rings (SSSR count). The van der Waals surface area contributed by atoms with Crippen molar-refractivity contribution in [1.82, 2.24) is 0 Å². The molecule has 2 aromatic rings. The molecule has 0 aliphatic carbocycles. The van der Waals surface area contributed by atoms with Crippen LogP contribution in [-0.4, -0.2) is 13.1 Å². The molecule has 104 valence electrons. The fourth-order valence-corrected chi connectivity index (χ4v) is 2.83. The summed E-state index contributed by atoms with van der Waals surface area (Å²) in [5.74, 6) is -0.331. The van der Waals surface area contributed by atoms with Gasteiger partial charge in [-0.25, -0.2) is 4.79 Å². The number of hydrogen-bond acceptors (Lipinski definition) is 3. The number of anilines is 1. The smallest absolute Gasteiger partial charge is 0.337 e. The Morgan fingerprint density at radius 2 is 2.05 bits per heavy atom. The molecule has 0 fully saturated rings. The lowest BCUT2D eigenvalue weighted by molar-refractivity contribution is 0.0600. The number of esters is 1. The molecule has 20 heavy (non-hydrogen) atoms. The maximum atomic E-state index is 11.4. The highest BCUT2D eigenvalue weighted by molar-refractivity contribution is 14.1. The average molecular weight is 446 g/mol. The van der Waals surface area contributed by atoms with Gasteiger partial charge in [-0.1, -0.05) is 34.1 Å². The van der Waals surface area contributed by atoms with E-state index in [9.17, 15) is 4.79 Å². The number of carbonyl (C=O) groups is 1. The Kier molecular flexibility index (Phi) is 5.42. The molecule has 0 saturated heterocycles. The quantitative estimate of drug-likeness (QED) is 0.558. The van der Waals surface area contributed by atoms with Crippen molar-refractivity contribution in [2.24, 2.45) is 0 Å². The normalized spacial score (nSPS) is 10.2. The first-order valence-corrected chi connectivity index (χ1v) is 7.84. The van der Waals surface area contributed by atoms with Crippen LogP contribution in [-0.2, 0) is 11.3 Å². The highest BCUT2D eigenvalue weighted by Gasteiger charge is 2.08. The second-order valence-corrected chi connectivity index (χ2v) is 6.15. The van der Waals surface area contributed by atoms with Crippen LogP contribution in [0.1, 0.15) is 15.9 Å². The molecular formula is C15H13BrINO2. The van der Waals surface area contributed by atoms with Gasteiger partial charge in [0.2, 0.25) is 0 Å². The standard InChI is InChI=1S/C15H13BrINO2/c1-20-15(19)10-6-7-11(12(16)8-10)9-18-14-5-3-2-4-13(14)17/h2-8,18H,9H2,1H3. The van der Waals surface area contributed by atoms with Crippen molar-refractivity contribution in [2.45, 2.75) is 6.54 Å². The second kappa shape index (κ2) is 7.08. The lowest BCUT2D eigenvalue weighted by Gasteiger charge is -2.10. The van der Waals surface area contributed by atoms with Gasteiger partial charge in [0.05, 0.1) is 12.7 Å². The third-order valence-electron chi connectivity index (χ3n) is 2.82. The molecule has 0 bridgehead atoms. The van der Waals surface area contributed by atoms with Crippen LogP contribution < -0.4 is 5.32 Å². The highest BCUT2D eigenvalue weighted by Crippen LogP contribution is 2.22. The van der Waals surface area contributed by atoms with Gasteiger partial charge in [-0.15, -0.1) is 0 Å². The minimum Gasteiger partial charge on any atom is -0.465 e. The van der Waals surface area contributed by atoms with E-state index in [0.717, 1.165) is 15.7 Å². The van der Waals surface area contributed by atoms with Crippen LogP contribution in [0.5, 0.6) is 0 Å². The van der Waals surface area contributed by atoms with Crippen LogP contribution in [0.2, 0.25) is 0 Å². The SMILES string of the molecule is COC(=O)c1ccc(CNc2ccccc2I)c(Br)c1. The Morgan fingerprint density at radius 3 is 2.70 bits per heavy atom. The zero-order valence-electron chi connectivity index (χ0n) is 10.8. The molecular weight excluding hydrogens is 433 g/mol. The summed E-state index contributed by atoms with van der Waals surface area (Å²) in [6.07, 6.45) is 0. The van der Waals surface area contributed by atoms with E-state index >= 15 is 0 Å². The maximum Gasteiger partial charge on any atom is 0.337 e. The van der Waals surface area contributed by atoms with Crippen molar-refractivity contribution < 1.29 is 9.53 Å². The van der Waals surface area contributed by atoms with Gasteiger partial charge >= 0.3 is 5.97 Å². The molecule has 5 heteroatoms. The Labute approximate surface area is 140 Å². The Balaban J connectivity index is 2.11. The van der Waals surface area contributed by atoms with Gasteiger partial charge < -0.3 is 10.1 Å². The Bertz CT molecular complexity index is 631. The van der Waals surface area contributed by atoms with Gasteiger partial charge in [-0.3, -0.25) is 0 Å². The fourth-order valence-electron chi connectivity index (χ4n) is 1.73. The summed E-state index contributed by atoms with van der Waals surface area (Å²) in [7, 11) is 1.38. The highest BCUT2D eigenvalue weighted by atomic mass is 127. The van der Waals surface area contributed by atoms with Gasteiger partial charge in [0, 0.05) is 20.3 Å². The zero-order valence-corrected chi connectivity index (χ0v) is 14.6. The molecule has 0 saturated carbocycles. The van der Waals surface area contributed by atoms with Crippen LogP contribution >= 0.6 is 38.5 Å². The predicted molar refractivity (Wildman–Crippen MR) is 92.0 cm³/mol. The first-order valence-electron chi connectivity index (χ1n) is 5.97. The molecule has 0 spiro atoms. The fraction of sp³-hybridized carbons (Fsp3) is 0.133. The minimum atomic E-state index is -0.331. The summed E-state index contributed by atoms with van der Waals surface area (Å²) >= 11 is 5.78. The number of methoxy groups -OCH3 is 1. The van der Waals surface area contributed by atoms with Crippen molar-refractivity contribution in [1.29, 1.82) is 0 Å². The van der Waals surface area contributed by atoms with Gasteiger partial charge in [0.25, 0.3) is 0 Å². The summed E-state index contributed by atoms with van der Waals surface area (Å²) in [6, 6.07) is 13.6.